The van der Waals surface area contributed by atoms with Crippen LogP contribution in [0, 0.1) is 0 Å². The molecule has 0 N–H and O–H groups in total. The maximum Gasteiger partial charge on any atom is 0.0715 e. The first-order valence-corrected chi connectivity index (χ1v) is 25.1. The minimum Gasteiger partial charge on any atom is -0.310 e. The van der Waals surface area contributed by atoms with E-state index in [0.29, 0.717) is 0 Å². The molecule has 1 aliphatic carbocycles. The van der Waals surface area contributed by atoms with Crippen LogP contribution in [-0.2, 0) is 16.2 Å². The molecule has 2 nitrogen and oxygen atoms in total. The molecule has 11 aromatic rings. The molecule has 71 heavy (non-hydrogen) atoms. The molecule has 0 heterocycles. The minimum absolute atomic E-state index is 0.0158. The van der Waals surface area contributed by atoms with E-state index in [1.807, 2.05) is 0 Å². The Morgan fingerprint density at radius 3 is 1.24 bits per heavy atom. The SMILES string of the molecule is CC(C)(C)c1ccc(N(c2ccc3c(c2)C(c2ccccc2)(c2ccccc2)c2cc(N(c4ccc(C(C)(C)C)cc4)c4ccc5ccccc5c4)c4ccccc4c2-3)c2ccc3ccccc3c2)cc1. The predicted octanol–water partition coefficient (Wildman–Crippen LogP) is 19.0. The van der Waals surface area contributed by atoms with Crippen LogP contribution in [0.4, 0.5) is 34.1 Å². The first-order valence-electron chi connectivity index (χ1n) is 25.1. The summed E-state index contributed by atoms with van der Waals surface area (Å²) in [6.07, 6.45) is 0. The molecular weight excluding hydrogens is 857 g/mol. The van der Waals surface area contributed by atoms with E-state index in [1.165, 1.54) is 76.8 Å². The van der Waals surface area contributed by atoms with Gasteiger partial charge in [0.25, 0.3) is 0 Å². The van der Waals surface area contributed by atoms with Gasteiger partial charge in [0.2, 0.25) is 0 Å². The highest BCUT2D eigenvalue weighted by Crippen LogP contribution is 2.61. The lowest BCUT2D eigenvalue weighted by Gasteiger charge is -2.36. The number of hydrogen-bond acceptors (Lipinski definition) is 2. The zero-order valence-electron chi connectivity index (χ0n) is 41.5. The lowest BCUT2D eigenvalue weighted by Crippen LogP contribution is -2.29. The Kier molecular flexibility index (Phi) is 10.6. The van der Waals surface area contributed by atoms with Crippen molar-refractivity contribution >= 4 is 66.4 Å². The average Bonchev–Trinajstić information content (AvgIpc) is 3.69. The fourth-order valence-electron chi connectivity index (χ4n) is 11.4. The topological polar surface area (TPSA) is 6.48 Å². The summed E-state index contributed by atoms with van der Waals surface area (Å²) in [7, 11) is 0. The Balaban J connectivity index is 1.16. The summed E-state index contributed by atoms with van der Waals surface area (Å²) < 4.78 is 0. The molecule has 0 radical (unpaired) electrons. The van der Waals surface area contributed by atoms with Crippen LogP contribution in [0.25, 0.3) is 43.4 Å². The van der Waals surface area contributed by atoms with Gasteiger partial charge in [-0.1, -0.05) is 217 Å². The molecule has 0 saturated heterocycles. The van der Waals surface area contributed by atoms with Crippen molar-refractivity contribution in [2.24, 2.45) is 0 Å². The molecule has 2 heteroatoms. The van der Waals surface area contributed by atoms with Crippen LogP contribution in [0.2, 0.25) is 0 Å². The van der Waals surface area contributed by atoms with E-state index in [4.69, 9.17) is 0 Å². The molecule has 11 aromatic carbocycles. The summed E-state index contributed by atoms with van der Waals surface area (Å²) in [6, 6.07) is 91.0. The van der Waals surface area contributed by atoms with Crippen molar-refractivity contribution in [3.05, 3.63) is 276 Å². The van der Waals surface area contributed by atoms with Crippen molar-refractivity contribution in [3.63, 3.8) is 0 Å². The Morgan fingerprint density at radius 1 is 0.310 bits per heavy atom. The van der Waals surface area contributed by atoms with Crippen LogP contribution >= 0.6 is 0 Å². The quantitative estimate of drug-likeness (QED) is 0.150. The lowest BCUT2D eigenvalue weighted by atomic mass is 9.67. The Hall–Kier alpha value is -8.20. The van der Waals surface area contributed by atoms with E-state index in [1.54, 1.807) is 0 Å². The van der Waals surface area contributed by atoms with E-state index >= 15 is 0 Å². The average molecular weight is 915 g/mol. The second kappa shape index (κ2) is 17.0. The van der Waals surface area contributed by atoms with Crippen molar-refractivity contribution in [1.29, 1.82) is 0 Å². The van der Waals surface area contributed by atoms with Gasteiger partial charge in [-0.15, -0.1) is 0 Å². The summed E-state index contributed by atoms with van der Waals surface area (Å²) >= 11 is 0. The first-order chi connectivity index (χ1) is 34.5. The second-order valence-electron chi connectivity index (χ2n) is 21.4. The molecule has 0 aliphatic heterocycles. The third kappa shape index (κ3) is 7.49. The van der Waals surface area contributed by atoms with Crippen molar-refractivity contribution < 1.29 is 0 Å². The van der Waals surface area contributed by atoms with E-state index in [2.05, 4.69) is 294 Å². The maximum atomic E-state index is 2.54. The highest BCUT2D eigenvalue weighted by molar-refractivity contribution is 6.11. The fourth-order valence-corrected chi connectivity index (χ4v) is 11.4. The summed E-state index contributed by atoms with van der Waals surface area (Å²) in [4.78, 5) is 4.95. The zero-order chi connectivity index (χ0) is 48.5. The highest BCUT2D eigenvalue weighted by Gasteiger charge is 2.48. The molecule has 0 atom stereocenters. The van der Waals surface area contributed by atoms with Gasteiger partial charge >= 0.3 is 0 Å². The van der Waals surface area contributed by atoms with Gasteiger partial charge in [0, 0.05) is 33.8 Å². The molecular formula is C69H58N2. The number of hydrogen-bond donors (Lipinski definition) is 0. The van der Waals surface area contributed by atoms with E-state index in [-0.39, 0.29) is 10.8 Å². The van der Waals surface area contributed by atoms with Crippen LogP contribution in [0.3, 0.4) is 0 Å². The van der Waals surface area contributed by atoms with Crippen LogP contribution < -0.4 is 9.80 Å². The van der Waals surface area contributed by atoms with Gasteiger partial charge in [-0.3, -0.25) is 0 Å². The maximum absolute atomic E-state index is 2.54. The molecule has 0 bridgehead atoms. The van der Waals surface area contributed by atoms with Gasteiger partial charge in [0.1, 0.15) is 0 Å². The van der Waals surface area contributed by atoms with Crippen molar-refractivity contribution in [3.8, 4) is 11.1 Å². The summed E-state index contributed by atoms with van der Waals surface area (Å²) in [5, 5.41) is 7.28. The van der Waals surface area contributed by atoms with E-state index in [9.17, 15) is 0 Å². The van der Waals surface area contributed by atoms with E-state index < -0.39 is 5.41 Å². The Bertz CT molecular complexity index is 3720. The minimum atomic E-state index is -0.696. The number of nitrogens with zero attached hydrogens (tertiary/aromatic N) is 2. The van der Waals surface area contributed by atoms with Gasteiger partial charge < -0.3 is 9.80 Å². The van der Waals surface area contributed by atoms with Crippen LogP contribution in [0.1, 0.15) is 74.9 Å². The normalized spacial score (nSPS) is 13.0. The van der Waals surface area contributed by atoms with Crippen molar-refractivity contribution in [2.75, 3.05) is 9.80 Å². The summed E-state index contributed by atoms with van der Waals surface area (Å²) in [5.74, 6) is 0. The van der Waals surface area contributed by atoms with Gasteiger partial charge in [0.05, 0.1) is 11.1 Å². The number of anilines is 6. The molecule has 0 amide bonds. The number of fused-ring (bicyclic) bond motifs is 7. The third-order valence-corrected chi connectivity index (χ3v) is 15.0. The number of rotatable bonds is 8. The van der Waals surface area contributed by atoms with Gasteiger partial charge in [-0.2, -0.15) is 0 Å². The third-order valence-electron chi connectivity index (χ3n) is 15.0. The second-order valence-corrected chi connectivity index (χ2v) is 21.4. The molecule has 0 fully saturated rings. The van der Waals surface area contributed by atoms with Gasteiger partial charge in [0.15, 0.2) is 0 Å². The van der Waals surface area contributed by atoms with Gasteiger partial charge in [-0.25, -0.2) is 0 Å². The zero-order valence-corrected chi connectivity index (χ0v) is 41.5. The summed E-state index contributed by atoms with van der Waals surface area (Å²) in [6.45, 7) is 13.7. The highest BCUT2D eigenvalue weighted by atomic mass is 15.1. The molecule has 0 saturated carbocycles. The predicted molar refractivity (Wildman–Crippen MR) is 303 cm³/mol. The van der Waals surface area contributed by atoms with E-state index in [0.717, 1.165) is 34.1 Å². The smallest absolute Gasteiger partial charge is 0.0715 e. The van der Waals surface area contributed by atoms with Crippen molar-refractivity contribution in [2.45, 2.75) is 57.8 Å². The summed E-state index contributed by atoms with van der Waals surface area (Å²) in [5.41, 5.74) is 16.1. The first kappa shape index (κ1) is 44.0. The number of benzene rings is 11. The molecule has 0 spiro atoms. The molecule has 0 aromatic heterocycles. The Labute approximate surface area is 419 Å². The fraction of sp³-hybridized carbons (Fsp3) is 0.130. The van der Waals surface area contributed by atoms with Crippen LogP contribution in [0.5, 0.6) is 0 Å². The molecule has 12 rings (SSSR count). The van der Waals surface area contributed by atoms with Crippen LogP contribution in [0.15, 0.2) is 243 Å². The van der Waals surface area contributed by atoms with Crippen LogP contribution in [-0.4, -0.2) is 0 Å². The lowest BCUT2D eigenvalue weighted by molar-refractivity contribution is 0.590. The monoisotopic (exact) mass is 914 g/mol. The Morgan fingerprint density at radius 2 is 0.718 bits per heavy atom. The van der Waals surface area contributed by atoms with Gasteiger partial charge in [-0.05, 0) is 149 Å². The molecule has 344 valence electrons. The largest absolute Gasteiger partial charge is 0.310 e. The standard InChI is InChI=1S/C69H58N2/c1-67(2,3)51-31-37-55(38-32-51)70(57-35-29-47-19-13-15-21-49(47)43-57)59-41-42-62-63(45-59)69(53-23-9-7-10-24-53,54-25-11-8-12-26-54)64-46-65(60-27-17-18-28-61(60)66(62)64)71(56-39-33-52(34-40-56)68(4,5)6)58-36-30-48-20-14-16-22-50(48)44-58/h7-46H,1-6H3. The molecule has 0 unspecified atom stereocenters. The van der Waals surface area contributed by atoms with Crippen molar-refractivity contribution in [1.82, 2.24) is 0 Å². The molecule has 1 aliphatic rings.